The van der Waals surface area contributed by atoms with Crippen LogP contribution in [0.3, 0.4) is 0 Å². The summed E-state index contributed by atoms with van der Waals surface area (Å²) in [5.74, 6) is -0.214. The Labute approximate surface area is 97.0 Å². The van der Waals surface area contributed by atoms with Gasteiger partial charge in [0.2, 0.25) is 5.91 Å². The largest absolute Gasteiger partial charge is 0.325 e. The molecule has 82 valence electrons. The molecule has 0 fully saturated rings. The SMILES string of the molecule is CC(C)[C@H](Br)C(=O)Nc1ccc(F)cc1. The third-order valence-electron chi connectivity index (χ3n) is 1.95. The fraction of sp³-hybridized carbons (Fsp3) is 0.364. The Kier molecular flexibility index (Phi) is 4.27. The van der Waals surface area contributed by atoms with E-state index in [4.69, 9.17) is 0 Å². The number of benzene rings is 1. The van der Waals surface area contributed by atoms with Gasteiger partial charge in [-0.2, -0.15) is 0 Å². The lowest BCUT2D eigenvalue weighted by Gasteiger charge is -2.13. The first-order valence-electron chi connectivity index (χ1n) is 4.71. The molecular formula is C11H13BrFNO. The monoisotopic (exact) mass is 273 g/mol. The minimum absolute atomic E-state index is 0.114. The van der Waals surface area contributed by atoms with Gasteiger partial charge in [0.1, 0.15) is 5.82 Å². The van der Waals surface area contributed by atoms with Crippen molar-refractivity contribution >= 4 is 27.5 Å². The van der Waals surface area contributed by atoms with Gasteiger partial charge in [-0.05, 0) is 30.2 Å². The van der Waals surface area contributed by atoms with Gasteiger partial charge >= 0.3 is 0 Å². The van der Waals surface area contributed by atoms with Crippen molar-refractivity contribution in [2.75, 3.05) is 5.32 Å². The van der Waals surface area contributed by atoms with E-state index in [2.05, 4.69) is 21.2 Å². The number of hydrogen-bond donors (Lipinski definition) is 1. The Morgan fingerprint density at radius 1 is 1.33 bits per heavy atom. The highest BCUT2D eigenvalue weighted by atomic mass is 79.9. The van der Waals surface area contributed by atoms with Crippen LogP contribution in [-0.2, 0) is 4.79 Å². The number of alkyl halides is 1. The Hall–Kier alpha value is -0.900. The molecule has 0 saturated heterocycles. The standard InChI is InChI=1S/C11H13BrFNO/c1-7(2)10(12)11(15)14-9-5-3-8(13)4-6-9/h3-7,10H,1-2H3,(H,14,15)/t10-/m0/s1. The van der Waals surface area contributed by atoms with Gasteiger partial charge in [-0.1, -0.05) is 29.8 Å². The molecular weight excluding hydrogens is 261 g/mol. The van der Waals surface area contributed by atoms with Gasteiger partial charge in [-0.15, -0.1) is 0 Å². The summed E-state index contributed by atoms with van der Waals surface area (Å²) in [6.45, 7) is 3.90. The van der Waals surface area contributed by atoms with Gasteiger partial charge in [-0.25, -0.2) is 4.39 Å². The van der Waals surface area contributed by atoms with Crippen molar-refractivity contribution in [3.05, 3.63) is 30.1 Å². The number of nitrogens with one attached hydrogen (secondary N) is 1. The molecule has 0 unspecified atom stereocenters. The molecule has 1 N–H and O–H groups in total. The molecule has 1 aromatic rings. The molecule has 2 nitrogen and oxygen atoms in total. The summed E-state index contributed by atoms with van der Waals surface area (Å²) in [5.41, 5.74) is 0.603. The molecule has 0 radical (unpaired) electrons. The number of amides is 1. The second-order valence-electron chi connectivity index (χ2n) is 3.64. The molecule has 0 spiro atoms. The molecule has 0 aliphatic carbocycles. The number of carbonyl (C=O) groups excluding carboxylic acids is 1. The van der Waals surface area contributed by atoms with E-state index in [9.17, 15) is 9.18 Å². The number of hydrogen-bond acceptors (Lipinski definition) is 1. The lowest BCUT2D eigenvalue weighted by Crippen LogP contribution is -2.26. The van der Waals surface area contributed by atoms with E-state index in [1.165, 1.54) is 24.3 Å². The van der Waals surface area contributed by atoms with Crippen molar-refractivity contribution in [3.8, 4) is 0 Å². The third kappa shape index (κ3) is 3.63. The predicted octanol–water partition coefficient (Wildman–Crippen LogP) is 3.18. The third-order valence-corrected chi connectivity index (χ3v) is 3.42. The van der Waals surface area contributed by atoms with Gasteiger partial charge in [0, 0.05) is 5.69 Å². The van der Waals surface area contributed by atoms with Crippen LogP contribution in [0, 0.1) is 11.7 Å². The number of rotatable bonds is 3. The van der Waals surface area contributed by atoms with E-state index in [1.807, 2.05) is 13.8 Å². The van der Waals surface area contributed by atoms with Crippen LogP contribution < -0.4 is 5.32 Å². The lowest BCUT2D eigenvalue weighted by atomic mass is 10.1. The Balaban J connectivity index is 2.62. The van der Waals surface area contributed by atoms with Gasteiger partial charge in [-0.3, -0.25) is 4.79 Å². The van der Waals surface area contributed by atoms with E-state index >= 15 is 0 Å². The molecule has 0 saturated carbocycles. The summed E-state index contributed by atoms with van der Waals surface area (Å²) in [7, 11) is 0. The average molecular weight is 274 g/mol. The lowest BCUT2D eigenvalue weighted by molar-refractivity contribution is -0.116. The number of anilines is 1. The zero-order valence-electron chi connectivity index (χ0n) is 8.63. The predicted molar refractivity (Wildman–Crippen MR) is 62.6 cm³/mol. The molecule has 4 heteroatoms. The van der Waals surface area contributed by atoms with E-state index in [1.54, 1.807) is 0 Å². The molecule has 0 heterocycles. The fourth-order valence-corrected chi connectivity index (χ4v) is 1.16. The minimum atomic E-state index is -0.313. The zero-order valence-corrected chi connectivity index (χ0v) is 10.2. The maximum atomic E-state index is 12.6. The summed E-state index contributed by atoms with van der Waals surface area (Å²) in [4.78, 5) is 11.4. The van der Waals surface area contributed by atoms with Crippen molar-refractivity contribution < 1.29 is 9.18 Å². The average Bonchev–Trinajstić information content (AvgIpc) is 2.20. The van der Waals surface area contributed by atoms with Crippen LogP contribution in [0.15, 0.2) is 24.3 Å². The van der Waals surface area contributed by atoms with Crippen molar-refractivity contribution in [3.63, 3.8) is 0 Å². The Morgan fingerprint density at radius 3 is 2.33 bits per heavy atom. The molecule has 1 aromatic carbocycles. The molecule has 1 amide bonds. The van der Waals surface area contributed by atoms with Crippen LogP contribution in [0.25, 0.3) is 0 Å². The summed E-state index contributed by atoms with van der Waals surface area (Å²) in [6.07, 6.45) is 0. The molecule has 1 atom stereocenters. The van der Waals surface area contributed by atoms with E-state index in [-0.39, 0.29) is 22.5 Å². The Bertz CT molecular complexity index is 337. The van der Waals surface area contributed by atoms with E-state index < -0.39 is 0 Å². The van der Waals surface area contributed by atoms with Gasteiger partial charge < -0.3 is 5.32 Å². The van der Waals surface area contributed by atoms with Crippen molar-refractivity contribution in [2.45, 2.75) is 18.7 Å². The molecule has 0 aliphatic heterocycles. The van der Waals surface area contributed by atoms with Gasteiger partial charge in [0.05, 0.1) is 4.83 Å². The summed E-state index contributed by atoms with van der Waals surface area (Å²) in [5, 5.41) is 2.70. The molecule has 15 heavy (non-hydrogen) atoms. The van der Waals surface area contributed by atoms with Crippen molar-refractivity contribution in [1.29, 1.82) is 0 Å². The van der Waals surface area contributed by atoms with Gasteiger partial charge in [0.25, 0.3) is 0 Å². The second kappa shape index (κ2) is 5.26. The first-order chi connectivity index (χ1) is 7.00. The van der Waals surface area contributed by atoms with Crippen molar-refractivity contribution in [1.82, 2.24) is 0 Å². The quantitative estimate of drug-likeness (QED) is 0.843. The van der Waals surface area contributed by atoms with Crippen molar-refractivity contribution in [2.24, 2.45) is 5.92 Å². The number of halogens is 2. The van der Waals surface area contributed by atoms with Crippen LogP contribution in [0.5, 0.6) is 0 Å². The topological polar surface area (TPSA) is 29.1 Å². The molecule has 0 aliphatic rings. The molecule has 1 rings (SSSR count). The highest BCUT2D eigenvalue weighted by molar-refractivity contribution is 9.10. The normalized spacial score (nSPS) is 12.6. The first kappa shape index (κ1) is 12.2. The molecule has 0 aromatic heterocycles. The zero-order chi connectivity index (χ0) is 11.4. The summed E-state index contributed by atoms with van der Waals surface area (Å²) in [6, 6.07) is 5.70. The summed E-state index contributed by atoms with van der Waals surface area (Å²) >= 11 is 3.29. The highest BCUT2D eigenvalue weighted by Gasteiger charge is 2.18. The Morgan fingerprint density at radius 2 is 1.87 bits per heavy atom. The van der Waals surface area contributed by atoms with Crippen LogP contribution >= 0.6 is 15.9 Å². The maximum absolute atomic E-state index is 12.6. The van der Waals surface area contributed by atoms with Crippen LogP contribution in [0.2, 0.25) is 0 Å². The first-order valence-corrected chi connectivity index (χ1v) is 5.63. The molecule has 0 bridgehead atoms. The van der Waals surface area contributed by atoms with Crippen LogP contribution in [0.4, 0.5) is 10.1 Å². The van der Waals surface area contributed by atoms with Crippen LogP contribution in [-0.4, -0.2) is 10.7 Å². The van der Waals surface area contributed by atoms with E-state index in [0.717, 1.165) is 0 Å². The van der Waals surface area contributed by atoms with Crippen LogP contribution in [0.1, 0.15) is 13.8 Å². The number of carbonyl (C=O) groups is 1. The smallest absolute Gasteiger partial charge is 0.238 e. The maximum Gasteiger partial charge on any atom is 0.238 e. The summed E-state index contributed by atoms with van der Waals surface area (Å²) < 4.78 is 12.6. The highest BCUT2D eigenvalue weighted by Crippen LogP contribution is 2.15. The fourth-order valence-electron chi connectivity index (χ4n) is 1.05. The van der Waals surface area contributed by atoms with Gasteiger partial charge in [0.15, 0.2) is 0 Å². The minimum Gasteiger partial charge on any atom is -0.325 e. The second-order valence-corrected chi connectivity index (χ2v) is 4.63. The van der Waals surface area contributed by atoms with E-state index in [0.29, 0.717) is 5.69 Å².